The highest BCUT2D eigenvalue weighted by molar-refractivity contribution is 6.35. The Morgan fingerprint density at radius 1 is 1.56 bits per heavy atom. The molecule has 0 aromatic rings. The molecule has 0 rings (SSSR count). The van der Waals surface area contributed by atoms with Gasteiger partial charge in [0.2, 0.25) is 0 Å². The van der Waals surface area contributed by atoms with E-state index < -0.39 is 0 Å². The van der Waals surface area contributed by atoms with Crippen molar-refractivity contribution in [2.45, 2.75) is 6.92 Å². The third kappa shape index (κ3) is 2.89. The molecule has 0 spiro atoms. The molecule has 0 atom stereocenters. The summed E-state index contributed by atoms with van der Waals surface area (Å²) in [6, 6.07) is 0. The predicted molar refractivity (Wildman–Crippen MR) is 40.6 cm³/mol. The Morgan fingerprint density at radius 3 is 2.00 bits per heavy atom. The van der Waals surface area contributed by atoms with Gasteiger partial charge < -0.3 is 5.11 Å². The minimum Gasteiger partial charge on any atom is -0.392 e. The lowest BCUT2D eigenvalue weighted by Crippen LogP contribution is -1.90. The van der Waals surface area contributed by atoms with Crippen LogP contribution in [0, 0.1) is 0 Å². The zero-order chi connectivity index (χ0) is 7.44. The standard InChI is InChI=1S/C6H8Cl2O/c1-4(7)6(3-9)5(2)8/h9H,1,3H2,2H3. The van der Waals surface area contributed by atoms with Crippen LogP contribution in [0.5, 0.6) is 0 Å². The van der Waals surface area contributed by atoms with Crippen molar-refractivity contribution in [2.75, 3.05) is 6.61 Å². The fourth-order valence-electron chi connectivity index (χ4n) is 0.382. The molecule has 0 saturated carbocycles. The second kappa shape index (κ2) is 3.94. The van der Waals surface area contributed by atoms with Crippen LogP contribution in [0.25, 0.3) is 0 Å². The number of aliphatic hydroxyl groups is 1. The average Bonchev–Trinajstić information content (AvgIpc) is 1.64. The molecule has 0 aromatic heterocycles. The highest BCUT2D eigenvalue weighted by atomic mass is 35.5. The molecule has 0 aliphatic carbocycles. The molecule has 0 saturated heterocycles. The van der Waals surface area contributed by atoms with Gasteiger partial charge in [0, 0.05) is 15.6 Å². The Hall–Kier alpha value is 0.0200. The van der Waals surface area contributed by atoms with E-state index in [1.807, 2.05) is 0 Å². The van der Waals surface area contributed by atoms with Crippen molar-refractivity contribution in [3.8, 4) is 0 Å². The Labute approximate surface area is 64.6 Å². The van der Waals surface area contributed by atoms with E-state index in [0.29, 0.717) is 15.6 Å². The van der Waals surface area contributed by atoms with Gasteiger partial charge in [0.25, 0.3) is 0 Å². The molecule has 52 valence electrons. The molecule has 0 radical (unpaired) electrons. The van der Waals surface area contributed by atoms with Crippen LogP contribution in [0.2, 0.25) is 0 Å². The van der Waals surface area contributed by atoms with E-state index >= 15 is 0 Å². The van der Waals surface area contributed by atoms with Crippen LogP contribution in [0.15, 0.2) is 22.2 Å². The summed E-state index contributed by atoms with van der Waals surface area (Å²) in [5.41, 5.74) is 0.498. The first-order chi connectivity index (χ1) is 4.09. The van der Waals surface area contributed by atoms with Gasteiger partial charge in [-0.3, -0.25) is 0 Å². The normalized spacial score (nSPS) is 12.9. The summed E-state index contributed by atoms with van der Waals surface area (Å²) in [4.78, 5) is 0. The van der Waals surface area contributed by atoms with Crippen LogP contribution < -0.4 is 0 Å². The molecule has 0 amide bonds. The summed E-state index contributed by atoms with van der Waals surface area (Å²) in [6.07, 6.45) is 0. The minimum absolute atomic E-state index is 0.155. The quantitative estimate of drug-likeness (QED) is 0.625. The largest absolute Gasteiger partial charge is 0.392 e. The fraction of sp³-hybridized carbons (Fsp3) is 0.333. The van der Waals surface area contributed by atoms with E-state index in [1.165, 1.54) is 0 Å². The maximum atomic E-state index is 8.58. The van der Waals surface area contributed by atoms with E-state index in [2.05, 4.69) is 6.58 Å². The van der Waals surface area contributed by atoms with Gasteiger partial charge in [-0.1, -0.05) is 29.8 Å². The molecule has 0 bridgehead atoms. The van der Waals surface area contributed by atoms with Crippen LogP contribution in [-0.2, 0) is 0 Å². The van der Waals surface area contributed by atoms with Gasteiger partial charge in [0.1, 0.15) is 0 Å². The van der Waals surface area contributed by atoms with E-state index in [9.17, 15) is 0 Å². The van der Waals surface area contributed by atoms with Crippen LogP contribution in [0.1, 0.15) is 6.92 Å². The van der Waals surface area contributed by atoms with E-state index in [1.54, 1.807) is 6.92 Å². The highest BCUT2D eigenvalue weighted by Gasteiger charge is 2.00. The molecule has 1 nitrogen and oxygen atoms in total. The molecule has 0 fully saturated rings. The van der Waals surface area contributed by atoms with Gasteiger partial charge in [0.05, 0.1) is 6.61 Å². The lowest BCUT2D eigenvalue weighted by molar-refractivity contribution is 0.334. The van der Waals surface area contributed by atoms with Crippen molar-refractivity contribution < 1.29 is 5.11 Å². The van der Waals surface area contributed by atoms with Gasteiger partial charge in [-0.2, -0.15) is 0 Å². The van der Waals surface area contributed by atoms with Gasteiger partial charge in [-0.05, 0) is 6.92 Å². The molecule has 1 N–H and O–H groups in total. The zero-order valence-electron chi connectivity index (χ0n) is 5.12. The van der Waals surface area contributed by atoms with Crippen LogP contribution in [0.4, 0.5) is 0 Å². The highest BCUT2D eigenvalue weighted by Crippen LogP contribution is 2.17. The monoisotopic (exact) mass is 166 g/mol. The Bertz CT molecular complexity index is 145. The van der Waals surface area contributed by atoms with Crippen molar-refractivity contribution in [1.29, 1.82) is 0 Å². The summed E-state index contributed by atoms with van der Waals surface area (Å²) < 4.78 is 0. The van der Waals surface area contributed by atoms with E-state index in [-0.39, 0.29) is 6.61 Å². The van der Waals surface area contributed by atoms with Crippen molar-refractivity contribution in [3.63, 3.8) is 0 Å². The first-order valence-electron chi connectivity index (χ1n) is 2.40. The van der Waals surface area contributed by atoms with Gasteiger partial charge >= 0.3 is 0 Å². The zero-order valence-corrected chi connectivity index (χ0v) is 6.63. The Balaban J connectivity index is 4.35. The Kier molecular flexibility index (Phi) is 3.95. The van der Waals surface area contributed by atoms with E-state index in [0.717, 1.165) is 0 Å². The smallest absolute Gasteiger partial charge is 0.0707 e. The Morgan fingerprint density at radius 2 is 2.00 bits per heavy atom. The average molecular weight is 167 g/mol. The molecular weight excluding hydrogens is 159 g/mol. The third-order valence-corrected chi connectivity index (χ3v) is 1.36. The summed E-state index contributed by atoms with van der Waals surface area (Å²) in [5, 5.41) is 9.36. The maximum Gasteiger partial charge on any atom is 0.0707 e. The summed E-state index contributed by atoms with van der Waals surface area (Å²) in [7, 11) is 0. The molecular formula is C6H8Cl2O. The van der Waals surface area contributed by atoms with Gasteiger partial charge in [-0.15, -0.1) is 0 Å². The number of hydrogen-bond donors (Lipinski definition) is 1. The fourth-order valence-corrected chi connectivity index (χ4v) is 0.805. The van der Waals surface area contributed by atoms with Crippen LogP contribution in [-0.4, -0.2) is 11.7 Å². The van der Waals surface area contributed by atoms with Crippen molar-refractivity contribution >= 4 is 23.2 Å². The molecule has 3 heteroatoms. The first kappa shape index (κ1) is 9.02. The molecule has 0 heterocycles. The van der Waals surface area contributed by atoms with Gasteiger partial charge in [0.15, 0.2) is 0 Å². The minimum atomic E-state index is -0.155. The predicted octanol–water partition coefficient (Wildman–Crippen LogP) is 2.24. The summed E-state index contributed by atoms with van der Waals surface area (Å²) in [6.45, 7) is 4.91. The SMILES string of the molecule is C=C(Cl)C(CO)=C(C)Cl. The third-order valence-electron chi connectivity index (χ3n) is 0.901. The maximum absolute atomic E-state index is 8.58. The van der Waals surface area contributed by atoms with Crippen molar-refractivity contribution in [2.24, 2.45) is 0 Å². The second-order valence-corrected chi connectivity index (χ2v) is 2.60. The van der Waals surface area contributed by atoms with Crippen molar-refractivity contribution in [3.05, 3.63) is 22.2 Å². The molecule has 0 unspecified atom stereocenters. The lowest BCUT2D eigenvalue weighted by atomic mass is 10.3. The van der Waals surface area contributed by atoms with E-state index in [4.69, 9.17) is 28.3 Å². The molecule has 0 aromatic carbocycles. The number of allylic oxidation sites excluding steroid dienone is 1. The summed E-state index contributed by atoms with van der Waals surface area (Å²) in [5.74, 6) is 0. The lowest BCUT2D eigenvalue weighted by Gasteiger charge is -1.99. The topological polar surface area (TPSA) is 20.2 Å². The number of rotatable bonds is 2. The van der Waals surface area contributed by atoms with Gasteiger partial charge in [-0.25, -0.2) is 0 Å². The number of halogens is 2. The number of hydrogen-bond acceptors (Lipinski definition) is 1. The van der Waals surface area contributed by atoms with Crippen molar-refractivity contribution in [1.82, 2.24) is 0 Å². The summed E-state index contributed by atoms with van der Waals surface area (Å²) >= 11 is 11.0. The second-order valence-electron chi connectivity index (χ2n) is 1.58. The molecule has 0 aliphatic heterocycles. The molecule has 9 heavy (non-hydrogen) atoms. The van der Waals surface area contributed by atoms with Crippen LogP contribution >= 0.6 is 23.2 Å². The number of aliphatic hydroxyl groups excluding tert-OH is 1. The molecule has 0 aliphatic rings. The first-order valence-corrected chi connectivity index (χ1v) is 3.16. The van der Waals surface area contributed by atoms with Crippen LogP contribution in [0.3, 0.4) is 0 Å².